The molecule has 0 aliphatic heterocycles. The van der Waals surface area contributed by atoms with E-state index in [0.717, 1.165) is 6.07 Å². The van der Waals surface area contributed by atoms with Crippen LogP contribution in [0.4, 0.5) is 5.69 Å². The summed E-state index contributed by atoms with van der Waals surface area (Å²) in [5.41, 5.74) is 0.698. The largest absolute Gasteiger partial charge is 0.465 e. The third-order valence-corrected chi connectivity index (χ3v) is 3.71. The number of methoxy groups -OCH3 is 1. The highest BCUT2D eigenvalue weighted by Crippen LogP contribution is 2.18. The van der Waals surface area contributed by atoms with Crippen LogP contribution in [0, 0.1) is 0 Å². The average Bonchev–Trinajstić information content (AvgIpc) is 2.62. The molecule has 126 valence electrons. The number of benzene rings is 2. The Labute approximate surface area is 147 Å². The Morgan fingerprint density at radius 2 is 1.80 bits per heavy atom. The maximum atomic E-state index is 12.3. The minimum Gasteiger partial charge on any atom is -0.465 e. The van der Waals surface area contributed by atoms with Crippen LogP contribution in [0.2, 0.25) is 5.02 Å². The minimum atomic E-state index is -0.584. The Bertz CT molecular complexity index is 1020. The molecule has 1 N–H and O–H groups in total. The lowest BCUT2D eigenvalue weighted by atomic mass is 10.2. The van der Waals surface area contributed by atoms with Crippen LogP contribution in [0.5, 0.6) is 0 Å². The van der Waals surface area contributed by atoms with E-state index in [1.165, 1.54) is 31.4 Å². The second kappa shape index (κ2) is 6.78. The molecule has 0 bridgehead atoms. The number of rotatable bonds is 3. The summed E-state index contributed by atoms with van der Waals surface area (Å²) in [6.45, 7) is 0. The zero-order valence-electron chi connectivity index (χ0n) is 13.0. The molecule has 3 rings (SSSR count). The monoisotopic (exact) mass is 357 g/mol. The van der Waals surface area contributed by atoms with Gasteiger partial charge in [0.25, 0.3) is 5.91 Å². The van der Waals surface area contributed by atoms with Gasteiger partial charge in [0.15, 0.2) is 11.2 Å². The smallest absolute Gasteiger partial charge is 0.337 e. The standard InChI is InChI=1S/C18H12ClNO5/c1-24-18(23)10-2-5-12(6-3-10)20-17(22)16-9-14(21)13-8-11(19)4-7-15(13)25-16/h2-9H,1H3,(H,20,22). The summed E-state index contributed by atoms with van der Waals surface area (Å²) in [7, 11) is 1.28. The van der Waals surface area contributed by atoms with Gasteiger partial charge in [-0.05, 0) is 42.5 Å². The number of fused-ring (bicyclic) bond motifs is 1. The van der Waals surface area contributed by atoms with Gasteiger partial charge in [0.05, 0.1) is 18.1 Å². The SMILES string of the molecule is COC(=O)c1ccc(NC(=O)c2cc(=O)c3cc(Cl)ccc3o2)cc1. The van der Waals surface area contributed by atoms with Crippen molar-refractivity contribution in [3.63, 3.8) is 0 Å². The number of anilines is 1. The lowest BCUT2D eigenvalue weighted by molar-refractivity contribution is 0.0600. The summed E-state index contributed by atoms with van der Waals surface area (Å²) in [6.07, 6.45) is 0. The van der Waals surface area contributed by atoms with Gasteiger partial charge in [-0.15, -0.1) is 0 Å². The summed E-state index contributed by atoms with van der Waals surface area (Å²) in [6, 6.07) is 11.8. The Hall–Kier alpha value is -3.12. The van der Waals surface area contributed by atoms with Crippen LogP contribution in [0.15, 0.2) is 57.7 Å². The van der Waals surface area contributed by atoms with Crippen molar-refractivity contribution in [1.82, 2.24) is 0 Å². The molecule has 0 aliphatic rings. The number of hydrogen-bond donors (Lipinski definition) is 1. The molecule has 0 unspecified atom stereocenters. The highest BCUT2D eigenvalue weighted by molar-refractivity contribution is 6.31. The fourth-order valence-electron chi connectivity index (χ4n) is 2.24. The predicted octanol–water partition coefficient (Wildman–Crippen LogP) is 3.49. The van der Waals surface area contributed by atoms with Crippen molar-refractivity contribution >= 4 is 40.1 Å². The van der Waals surface area contributed by atoms with E-state index in [4.69, 9.17) is 16.0 Å². The highest BCUT2D eigenvalue weighted by atomic mass is 35.5. The Kier molecular flexibility index (Phi) is 4.54. The zero-order chi connectivity index (χ0) is 18.0. The number of esters is 1. The number of nitrogens with one attached hydrogen (secondary N) is 1. The van der Waals surface area contributed by atoms with Crippen molar-refractivity contribution < 1.29 is 18.7 Å². The van der Waals surface area contributed by atoms with Crippen LogP contribution in [0.25, 0.3) is 11.0 Å². The number of amides is 1. The van der Waals surface area contributed by atoms with Crippen molar-refractivity contribution in [3.05, 3.63) is 75.1 Å². The molecule has 0 saturated heterocycles. The van der Waals surface area contributed by atoms with Crippen molar-refractivity contribution in [2.75, 3.05) is 12.4 Å². The van der Waals surface area contributed by atoms with Gasteiger partial charge >= 0.3 is 5.97 Å². The van der Waals surface area contributed by atoms with Crippen LogP contribution in [0.1, 0.15) is 20.9 Å². The first-order chi connectivity index (χ1) is 12.0. The van der Waals surface area contributed by atoms with Gasteiger partial charge in [0.2, 0.25) is 0 Å². The lowest BCUT2D eigenvalue weighted by Gasteiger charge is -2.06. The van der Waals surface area contributed by atoms with Gasteiger partial charge in [-0.3, -0.25) is 9.59 Å². The third kappa shape index (κ3) is 3.54. The van der Waals surface area contributed by atoms with Crippen molar-refractivity contribution in [1.29, 1.82) is 0 Å². The molecule has 6 nitrogen and oxygen atoms in total. The molecule has 7 heteroatoms. The molecule has 1 heterocycles. The molecular weight excluding hydrogens is 346 g/mol. The molecule has 1 aromatic heterocycles. The Balaban J connectivity index is 1.86. The number of ether oxygens (including phenoxy) is 1. The second-order valence-electron chi connectivity index (χ2n) is 5.14. The molecule has 2 aromatic carbocycles. The summed E-state index contributed by atoms with van der Waals surface area (Å²) < 4.78 is 10.1. The first-order valence-electron chi connectivity index (χ1n) is 7.21. The molecular formula is C18H12ClNO5. The quantitative estimate of drug-likeness (QED) is 0.725. The molecule has 0 aliphatic carbocycles. The Morgan fingerprint density at radius 1 is 1.08 bits per heavy atom. The highest BCUT2D eigenvalue weighted by Gasteiger charge is 2.13. The molecule has 0 spiro atoms. The van der Waals surface area contributed by atoms with E-state index in [1.54, 1.807) is 18.2 Å². The van der Waals surface area contributed by atoms with Crippen molar-refractivity contribution in [3.8, 4) is 0 Å². The molecule has 0 saturated carbocycles. The van der Waals surface area contributed by atoms with E-state index in [9.17, 15) is 14.4 Å². The van der Waals surface area contributed by atoms with Crippen LogP contribution in [-0.4, -0.2) is 19.0 Å². The predicted molar refractivity (Wildman–Crippen MR) is 93.2 cm³/mol. The first kappa shape index (κ1) is 16.7. The number of carbonyl (C=O) groups excluding carboxylic acids is 2. The van der Waals surface area contributed by atoms with Crippen LogP contribution < -0.4 is 10.7 Å². The summed E-state index contributed by atoms with van der Waals surface area (Å²) in [5, 5.41) is 3.30. The van der Waals surface area contributed by atoms with E-state index in [0.29, 0.717) is 21.7 Å². The molecule has 0 radical (unpaired) electrons. The van der Waals surface area contributed by atoms with E-state index in [2.05, 4.69) is 10.1 Å². The van der Waals surface area contributed by atoms with E-state index >= 15 is 0 Å². The molecule has 3 aromatic rings. The number of carbonyl (C=O) groups is 2. The Morgan fingerprint density at radius 3 is 2.48 bits per heavy atom. The van der Waals surface area contributed by atoms with E-state index < -0.39 is 11.9 Å². The zero-order valence-corrected chi connectivity index (χ0v) is 13.8. The van der Waals surface area contributed by atoms with Gasteiger partial charge in [-0.2, -0.15) is 0 Å². The summed E-state index contributed by atoms with van der Waals surface area (Å²) in [4.78, 5) is 35.8. The molecule has 25 heavy (non-hydrogen) atoms. The van der Waals surface area contributed by atoms with Crippen LogP contribution in [-0.2, 0) is 4.74 Å². The van der Waals surface area contributed by atoms with Crippen LogP contribution in [0.3, 0.4) is 0 Å². The fourth-order valence-corrected chi connectivity index (χ4v) is 2.41. The lowest BCUT2D eigenvalue weighted by Crippen LogP contribution is -2.15. The van der Waals surface area contributed by atoms with Gasteiger partial charge < -0.3 is 14.5 Å². The molecule has 0 fully saturated rings. The van der Waals surface area contributed by atoms with Crippen molar-refractivity contribution in [2.24, 2.45) is 0 Å². The average molecular weight is 358 g/mol. The van der Waals surface area contributed by atoms with Gasteiger partial charge in [-0.25, -0.2) is 4.79 Å². The molecule has 0 atom stereocenters. The van der Waals surface area contributed by atoms with Gasteiger partial charge in [0.1, 0.15) is 5.58 Å². The third-order valence-electron chi connectivity index (χ3n) is 3.48. The summed E-state index contributed by atoms with van der Waals surface area (Å²) in [5.74, 6) is -1.19. The van der Waals surface area contributed by atoms with Crippen molar-refractivity contribution in [2.45, 2.75) is 0 Å². The number of halogens is 1. The second-order valence-corrected chi connectivity index (χ2v) is 5.57. The minimum absolute atomic E-state index is 0.128. The molecule has 1 amide bonds. The van der Waals surface area contributed by atoms with E-state index in [1.807, 2.05) is 0 Å². The first-order valence-corrected chi connectivity index (χ1v) is 7.59. The fraction of sp³-hybridized carbons (Fsp3) is 0.0556. The van der Waals surface area contributed by atoms with Gasteiger partial charge in [0, 0.05) is 16.8 Å². The maximum Gasteiger partial charge on any atom is 0.337 e. The maximum absolute atomic E-state index is 12.3. The normalized spacial score (nSPS) is 10.5. The number of hydrogen-bond acceptors (Lipinski definition) is 5. The topological polar surface area (TPSA) is 85.6 Å². The van der Waals surface area contributed by atoms with Crippen LogP contribution >= 0.6 is 11.6 Å². The van der Waals surface area contributed by atoms with E-state index in [-0.39, 0.29) is 16.8 Å². The summed E-state index contributed by atoms with van der Waals surface area (Å²) >= 11 is 5.85. The van der Waals surface area contributed by atoms with Gasteiger partial charge in [-0.1, -0.05) is 11.6 Å².